The highest BCUT2D eigenvalue weighted by atomic mass is 35.5. The fourth-order valence-electron chi connectivity index (χ4n) is 3.49. The van der Waals surface area contributed by atoms with E-state index < -0.39 is 11.1 Å². The Balaban J connectivity index is 1.47. The van der Waals surface area contributed by atoms with Crippen LogP contribution in [0.1, 0.15) is 11.3 Å². The van der Waals surface area contributed by atoms with E-state index in [0.29, 0.717) is 38.0 Å². The molecular weight excluding hydrogens is 478 g/mol. The van der Waals surface area contributed by atoms with Crippen LogP contribution in [0.4, 0.5) is 5.88 Å². The van der Waals surface area contributed by atoms with E-state index in [1.807, 2.05) is 48.5 Å². The van der Waals surface area contributed by atoms with Crippen molar-refractivity contribution in [3.63, 3.8) is 0 Å². The summed E-state index contributed by atoms with van der Waals surface area (Å²) in [6.45, 7) is 0. The number of nitro groups is 1. The van der Waals surface area contributed by atoms with Gasteiger partial charge in [-0.05, 0) is 42.0 Å². The maximum atomic E-state index is 13.1. The third-order valence-electron chi connectivity index (χ3n) is 5.06. The Morgan fingerprint density at radius 1 is 1.18 bits per heavy atom. The van der Waals surface area contributed by atoms with E-state index in [0.717, 1.165) is 5.56 Å². The van der Waals surface area contributed by atoms with Crippen molar-refractivity contribution >= 4 is 52.1 Å². The van der Waals surface area contributed by atoms with Crippen molar-refractivity contribution in [2.75, 3.05) is 0 Å². The summed E-state index contributed by atoms with van der Waals surface area (Å²) in [5.74, 6) is 0.242. The van der Waals surface area contributed by atoms with Gasteiger partial charge in [-0.25, -0.2) is 5.01 Å². The van der Waals surface area contributed by atoms with Gasteiger partial charge in [-0.3, -0.25) is 25.2 Å². The molecular formula is C23H16ClN5O4S. The van der Waals surface area contributed by atoms with Crippen LogP contribution in [0, 0.1) is 10.1 Å². The van der Waals surface area contributed by atoms with Crippen LogP contribution in [0.25, 0.3) is 11.8 Å². The summed E-state index contributed by atoms with van der Waals surface area (Å²) in [6, 6.07) is 17.5. The molecule has 34 heavy (non-hydrogen) atoms. The molecule has 0 radical (unpaired) electrons. The van der Waals surface area contributed by atoms with Crippen molar-refractivity contribution in [1.82, 2.24) is 10.3 Å². The number of fused-ring (bicyclic) bond motifs is 2. The number of amidine groups is 1. The van der Waals surface area contributed by atoms with Gasteiger partial charge >= 0.3 is 5.88 Å². The molecule has 170 valence electrons. The van der Waals surface area contributed by atoms with Crippen LogP contribution < -0.4 is 15.9 Å². The molecule has 1 aromatic heterocycles. The number of nitrogens with one attached hydrogen (secondary N) is 1. The highest BCUT2D eigenvalue weighted by Gasteiger charge is 2.32. The molecule has 1 N–H and O–H groups in total. The number of thioether (sulfide) groups is 1. The van der Waals surface area contributed by atoms with E-state index in [-0.39, 0.29) is 11.8 Å². The van der Waals surface area contributed by atoms with E-state index in [9.17, 15) is 14.9 Å². The van der Waals surface area contributed by atoms with Crippen molar-refractivity contribution in [2.24, 2.45) is 10.1 Å². The fourth-order valence-corrected chi connectivity index (χ4v) is 4.42. The van der Waals surface area contributed by atoms with Crippen LogP contribution in [0.2, 0.25) is 5.02 Å². The Labute approximate surface area is 202 Å². The van der Waals surface area contributed by atoms with Crippen molar-refractivity contribution in [3.05, 3.63) is 104 Å². The molecule has 11 heteroatoms. The highest BCUT2D eigenvalue weighted by molar-refractivity contribution is 8.13. The molecule has 5 rings (SSSR count). The van der Waals surface area contributed by atoms with E-state index in [4.69, 9.17) is 21.0 Å². The van der Waals surface area contributed by atoms with Gasteiger partial charge in [0.2, 0.25) is 0 Å². The topological polar surface area (TPSA) is 113 Å². The first-order valence-electron chi connectivity index (χ1n) is 10.1. The Kier molecular flexibility index (Phi) is 5.91. The lowest BCUT2D eigenvalue weighted by Gasteiger charge is -2.32. The average Bonchev–Trinajstić information content (AvgIpc) is 3.31. The molecule has 0 fully saturated rings. The quantitative estimate of drug-likeness (QED) is 0.431. The van der Waals surface area contributed by atoms with Crippen LogP contribution in [-0.4, -0.2) is 27.2 Å². The third-order valence-corrected chi connectivity index (χ3v) is 6.25. The van der Waals surface area contributed by atoms with E-state index in [2.05, 4.69) is 10.4 Å². The number of carbonyl (C=O) groups is 1. The van der Waals surface area contributed by atoms with Crippen molar-refractivity contribution in [1.29, 1.82) is 0 Å². The highest BCUT2D eigenvalue weighted by Crippen LogP contribution is 2.24. The summed E-state index contributed by atoms with van der Waals surface area (Å²) >= 11 is 7.33. The number of rotatable bonds is 5. The zero-order valence-corrected chi connectivity index (χ0v) is 19.0. The van der Waals surface area contributed by atoms with Gasteiger partial charge in [0.25, 0.3) is 5.91 Å². The number of halogens is 1. The van der Waals surface area contributed by atoms with E-state index in [1.165, 1.54) is 23.9 Å². The Hall–Kier alpha value is -3.89. The van der Waals surface area contributed by atoms with Gasteiger partial charge in [0.05, 0.1) is 11.4 Å². The van der Waals surface area contributed by atoms with Gasteiger partial charge in [-0.1, -0.05) is 53.7 Å². The van der Waals surface area contributed by atoms with Crippen molar-refractivity contribution in [3.8, 4) is 0 Å². The molecule has 9 nitrogen and oxygen atoms in total. The minimum Gasteiger partial charge on any atom is -0.401 e. The molecule has 0 saturated heterocycles. The summed E-state index contributed by atoms with van der Waals surface area (Å²) < 4.78 is 5.20. The first-order chi connectivity index (χ1) is 16.5. The maximum absolute atomic E-state index is 13.1. The third kappa shape index (κ3) is 4.45. The largest absolute Gasteiger partial charge is 0.433 e. The lowest BCUT2D eigenvalue weighted by molar-refractivity contribution is -0.402. The number of hydrogen-bond acceptors (Lipinski definition) is 8. The lowest BCUT2D eigenvalue weighted by Crippen LogP contribution is -2.52. The molecule has 0 unspecified atom stereocenters. The van der Waals surface area contributed by atoms with Gasteiger partial charge < -0.3 is 4.42 Å². The van der Waals surface area contributed by atoms with E-state index >= 15 is 0 Å². The molecule has 0 saturated carbocycles. The number of hydrazone groups is 1. The number of carbonyl (C=O) groups excluding carboxylic acids is 1. The normalized spacial score (nSPS) is 17.0. The molecule has 1 amide bonds. The summed E-state index contributed by atoms with van der Waals surface area (Å²) in [7, 11) is 0. The Morgan fingerprint density at radius 2 is 1.97 bits per heavy atom. The SMILES string of the molecule is O=C1NC(SCc2ccc(Cl)cc2)=NN2C1=c1ccccc1=N[C@@H]2/C=C/c1ccc([N+](=O)[O-])o1. The van der Waals surface area contributed by atoms with Crippen molar-refractivity contribution in [2.45, 2.75) is 11.9 Å². The zero-order valence-electron chi connectivity index (χ0n) is 17.4. The first kappa shape index (κ1) is 21.9. The fraction of sp³-hybridized carbons (Fsp3) is 0.0870. The second kappa shape index (κ2) is 9.16. The summed E-state index contributed by atoms with van der Waals surface area (Å²) in [4.78, 5) is 28.1. The van der Waals surface area contributed by atoms with Gasteiger partial charge in [0, 0.05) is 16.0 Å². The molecule has 3 heterocycles. The van der Waals surface area contributed by atoms with Gasteiger partial charge in [0.15, 0.2) is 11.3 Å². The summed E-state index contributed by atoms with van der Waals surface area (Å²) in [6.07, 6.45) is 2.61. The number of benzene rings is 2. The number of amides is 1. The van der Waals surface area contributed by atoms with E-state index in [1.54, 1.807) is 17.2 Å². The van der Waals surface area contributed by atoms with Crippen LogP contribution in [0.15, 0.2) is 81.3 Å². The van der Waals surface area contributed by atoms with Crippen LogP contribution in [-0.2, 0) is 10.5 Å². The predicted molar refractivity (Wildman–Crippen MR) is 129 cm³/mol. The molecule has 3 aromatic rings. The van der Waals surface area contributed by atoms with Crippen LogP contribution in [0.5, 0.6) is 0 Å². The van der Waals surface area contributed by atoms with Gasteiger partial charge in [-0.15, -0.1) is 5.10 Å². The molecule has 2 aromatic carbocycles. The minimum atomic E-state index is -0.647. The smallest absolute Gasteiger partial charge is 0.401 e. The number of nitrogens with zero attached hydrogens (tertiary/aromatic N) is 4. The monoisotopic (exact) mass is 493 g/mol. The van der Waals surface area contributed by atoms with Crippen LogP contribution >= 0.6 is 23.4 Å². The number of para-hydroxylation sites is 1. The molecule has 1 atom stereocenters. The maximum Gasteiger partial charge on any atom is 0.433 e. The standard InChI is InChI=1S/C23H16ClN5O4S/c24-15-7-5-14(6-8-15)13-34-23-26-22(30)21-17-3-1-2-4-18(17)25-19(28(21)27-23)11-9-16-10-12-20(33-16)29(31)32/h1-12,19H,13H2,(H,26,27,30)/b11-9+/t19-/m0/s1. The van der Waals surface area contributed by atoms with Gasteiger partial charge in [0.1, 0.15) is 16.4 Å². The Bertz CT molecular complexity index is 1460. The minimum absolute atomic E-state index is 0.289. The zero-order chi connectivity index (χ0) is 23.7. The van der Waals surface area contributed by atoms with Crippen molar-refractivity contribution < 1.29 is 14.1 Å². The number of hydrogen-bond donors (Lipinski definition) is 1. The Morgan fingerprint density at radius 3 is 2.74 bits per heavy atom. The first-order valence-corrected chi connectivity index (χ1v) is 11.5. The molecule has 0 aliphatic carbocycles. The lowest BCUT2D eigenvalue weighted by atomic mass is 10.1. The molecule has 0 spiro atoms. The number of furan rings is 1. The van der Waals surface area contributed by atoms with Crippen LogP contribution in [0.3, 0.4) is 0 Å². The molecule has 2 aliphatic rings. The van der Waals surface area contributed by atoms with Gasteiger partial charge in [-0.2, -0.15) is 0 Å². The second-order valence-electron chi connectivity index (χ2n) is 7.32. The molecule has 0 bridgehead atoms. The molecule has 2 aliphatic heterocycles. The summed E-state index contributed by atoms with van der Waals surface area (Å²) in [5.41, 5.74) is 1.41. The second-order valence-corrected chi connectivity index (χ2v) is 8.72. The summed E-state index contributed by atoms with van der Waals surface area (Å²) in [5, 5.41) is 22.4. The predicted octanol–water partition coefficient (Wildman–Crippen LogP) is 3.26. The average molecular weight is 494 g/mol.